The van der Waals surface area contributed by atoms with Gasteiger partial charge in [-0.1, -0.05) is 12.8 Å². The molecule has 20 heavy (non-hydrogen) atoms. The third-order valence-corrected chi connectivity index (χ3v) is 4.19. The van der Waals surface area contributed by atoms with Crippen LogP contribution in [0.15, 0.2) is 11.0 Å². The highest BCUT2D eigenvalue weighted by atomic mass is 16.3. The number of hydrogen-bond donors (Lipinski definition) is 2. The molecular weight excluding hydrogens is 256 g/mol. The fourth-order valence-corrected chi connectivity index (χ4v) is 2.91. The largest absolute Gasteiger partial charge is 0.493 e. The molecule has 3 rings (SSSR count). The summed E-state index contributed by atoms with van der Waals surface area (Å²) < 4.78 is 1.71. The average Bonchev–Trinajstić information content (AvgIpc) is 3.01. The highest BCUT2D eigenvalue weighted by Gasteiger charge is 2.25. The number of aryl methyl sites for hydroxylation is 1. The van der Waals surface area contributed by atoms with Crippen LogP contribution in [0.3, 0.4) is 0 Å². The number of aromatic nitrogens is 4. The fraction of sp³-hybridized carbons (Fsp3) is 0.500. The van der Waals surface area contributed by atoms with Gasteiger partial charge in [-0.15, -0.1) is 0 Å². The van der Waals surface area contributed by atoms with Crippen molar-refractivity contribution in [3.05, 3.63) is 27.8 Å². The summed E-state index contributed by atoms with van der Waals surface area (Å²) in [6.45, 7) is 1.89. The van der Waals surface area contributed by atoms with Crippen molar-refractivity contribution in [1.82, 2.24) is 19.7 Å². The Hall–Kier alpha value is -2.11. The van der Waals surface area contributed by atoms with Crippen molar-refractivity contribution >= 4 is 0 Å². The van der Waals surface area contributed by atoms with Crippen molar-refractivity contribution in [3.8, 4) is 17.3 Å². The standard InChI is InChI=1S/C14H18N4O2/c1-8-10(7-15-18(8)2)12-16-13(19)11(14(20)17-12)9-5-3-4-6-9/h7,9H,3-6H2,1-2H3,(H2,16,17,19,20). The predicted molar refractivity (Wildman–Crippen MR) is 74.7 cm³/mol. The van der Waals surface area contributed by atoms with Gasteiger partial charge in [0.15, 0.2) is 0 Å². The van der Waals surface area contributed by atoms with Gasteiger partial charge >= 0.3 is 0 Å². The molecule has 0 spiro atoms. The second-order valence-electron chi connectivity index (χ2n) is 5.40. The van der Waals surface area contributed by atoms with Gasteiger partial charge in [0.1, 0.15) is 5.82 Å². The molecule has 1 aliphatic carbocycles. The number of rotatable bonds is 2. The molecule has 106 valence electrons. The molecule has 6 heteroatoms. The lowest BCUT2D eigenvalue weighted by Gasteiger charge is -2.10. The number of nitrogens with one attached hydrogen (secondary N) is 1. The van der Waals surface area contributed by atoms with Gasteiger partial charge in [0.2, 0.25) is 5.88 Å². The molecule has 2 aromatic rings. The molecule has 1 fully saturated rings. The molecule has 6 nitrogen and oxygen atoms in total. The first-order valence-corrected chi connectivity index (χ1v) is 6.90. The van der Waals surface area contributed by atoms with Crippen molar-refractivity contribution < 1.29 is 5.11 Å². The summed E-state index contributed by atoms with van der Waals surface area (Å²) in [6, 6.07) is 0. The zero-order chi connectivity index (χ0) is 14.3. The van der Waals surface area contributed by atoms with Crippen molar-refractivity contribution in [2.45, 2.75) is 38.5 Å². The molecule has 0 bridgehead atoms. The lowest BCUT2D eigenvalue weighted by molar-refractivity contribution is 0.436. The van der Waals surface area contributed by atoms with E-state index in [9.17, 15) is 9.90 Å². The number of H-pyrrole nitrogens is 1. The Bertz CT molecular complexity index is 696. The maximum atomic E-state index is 12.3. The van der Waals surface area contributed by atoms with Gasteiger partial charge in [0.25, 0.3) is 5.56 Å². The molecular formula is C14H18N4O2. The van der Waals surface area contributed by atoms with Crippen LogP contribution in [0.4, 0.5) is 0 Å². The van der Waals surface area contributed by atoms with Crippen LogP contribution < -0.4 is 5.56 Å². The van der Waals surface area contributed by atoms with E-state index in [-0.39, 0.29) is 17.4 Å². The lowest BCUT2D eigenvalue weighted by Crippen LogP contribution is -2.17. The van der Waals surface area contributed by atoms with E-state index in [2.05, 4.69) is 15.1 Å². The van der Waals surface area contributed by atoms with Crippen LogP contribution in [0.1, 0.15) is 42.9 Å². The van der Waals surface area contributed by atoms with E-state index in [0.29, 0.717) is 11.4 Å². The van der Waals surface area contributed by atoms with E-state index in [4.69, 9.17) is 0 Å². The maximum absolute atomic E-state index is 12.3. The quantitative estimate of drug-likeness (QED) is 0.875. The zero-order valence-corrected chi connectivity index (χ0v) is 11.7. The molecule has 0 aromatic carbocycles. The Labute approximate surface area is 116 Å². The van der Waals surface area contributed by atoms with E-state index in [0.717, 1.165) is 36.9 Å². The van der Waals surface area contributed by atoms with E-state index in [1.807, 2.05) is 14.0 Å². The van der Waals surface area contributed by atoms with Gasteiger partial charge in [0.05, 0.1) is 17.3 Å². The van der Waals surface area contributed by atoms with Crippen molar-refractivity contribution in [1.29, 1.82) is 0 Å². The summed E-state index contributed by atoms with van der Waals surface area (Å²) in [7, 11) is 1.82. The second-order valence-corrected chi connectivity index (χ2v) is 5.40. The lowest BCUT2D eigenvalue weighted by atomic mass is 10.00. The van der Waals surface area contributed by atoms with Crippen LogP contribution in [0.5, 0.6) is 5.88 Å². The molecule has 1 aliphatic rings. The van der Waals surface area contributed by atoms with Crippen LogP contribution in [-0.2, 0) is 7.05 Å². The summed E-state index contributed by atoms with van der Waals surface area (Å²) in [5, 5.41) is 14.3. The SMILES string of the molecule is Cc1c(-c2nc(O)c(C3CCCC3)c(=O)[nH]2)cnn1C. The first-order chi connectivity index (χ1) is 9.58. The molecule has 2 heterocycles. The maximum Gasteiger partial charge on any atom is 0.258 e. The molecule has 1 saturated carbocycles. The molecule has 0 aliphatic heterocycles. The first kappa shape index (κ1) is 12.9. The second kappa shape index (κ2) is 4.77. The fourth-order valence-electron chi connectivity index (χ4n) is 2.91. The molecule has 2 N–H and O–H groups in total. The minimum Gasteiger partial charge on any atom is -0.493 e. The number of aromatic amines is 1. The van der Waals surface area contributed by atoms with Crippen LogP contribution in [-0.4, -0.2) is 24.9 Å². The molecule has 0 saturated heterocycles. The van der Waals surface area contributed by atoms with Gasteiger partial charge in [-0.05, 0) is 25.7 Å². The van der Waals surface area contributed by atoms with E-state index >= 15 is 0 Å². The van der Waals surface area contributed by atoms with E-state index in [1.165, 1.54) is 0 Å². The zero-order valence-electron chi connectivity index (χ0n) is 11.7. The summed E-state index contributed by atoms with van der Waals surface area (Å²) in [6.07, 6.45) is 5.75. The Morgan fingerprint density at radius 3 is 2.65 bits per heavy atom. The summed E-state index contributed by atoms with van der Waals surface area (Å²) in [4.78, 5) is 19.2. The first-order valence-electron chi connectivity index (χ1n) is 6.90. The number of aromatic hydroxyl groups is 1. The topological polar surface area (TPSA) is 83.8 Å². The summed E-state index contributed by atoms with van der Waals surface area (Å²) >= 11 is 0. The Morgan fingerprint density at radius 1 is 1.40 bits per heavy atom. The minimum absolute atomic E-state index is 0.135. The van der Waals surface area contributed by atoms with Gasteiger partial charge in [-0.3, -0.25) is 9.48 Å². The number of nitrogens with zero attached hydrogens (tertiary/aromatic N) is 3. The third kappa shape index (κ3) is 2.01. The van der Waals surface area contributed by atoms with Gasteiger partial charge in [0, 0.05) is 12.7 Å². The molecule has 0 unspecified atom stereocenters. The van der Waals surface area contributed by atoms with Crippen LogP contribution in [0, 0.1) is 6.92 Å². The summed E-state index contributed by atoms with van der Waals surface area (Å²) in [5.41, 5.74) is 1.83. The van der Waals surface area contributed by atoms with Crippen LogP contribution >= 0.6 is 0 Å². The van der Waals surface area contributed by atoms with Crippen LogP contribution in [0.25, 0.3) is 11.4 Å². The van der Waals surface area contributed by atoms with Crippen molar-refractivity contribution in [2.24, 2.45) is 7.05 Å². The van der Waals surface area contributed by atoms with E-state index < -0.39 is 0 Å². The average molecular weight is 274 g/mol. The Balaban J connectivity index is 2.08. The molecule has 2 aromatic heterocycles. The predicted octanol–water partition coefficient (Wildman–Crippen LogP) is 1.84. The Kier molecular flexibility index (Phi) is 3.08. The minimum atomic E-state index is -0.234. The monoisotopic (exact) mass is 274 g/mol. The molecule has 0 radical (unpaired) electrons. The summed E-state index contributed by atoms with van der Waals surface area (Å²) in [5.74, 6) is 0.369. The molecule has 0 atom stereocenters. The third-order valence-electron chi connectivity index (χ3n) is 4.19. The van der Waals surface area contributed by atoms with Gasteiger partial charge in [-0.2, -0.15) is 10.1 Å². The smallest absolute Gasteiger partial charge is 0.258 e. The highest BCUT2D eigenvalue weighted by molar-refractivity contribution is 5.57. The van der Waals surface area contributed by atoms with Crippen molar-refractivity contribution in [2.75, 3.05) is 0 Å². The normalized spacial score (nSPS) is 15.9. The van der Waals surface area contributed by atoms with Gasteiger partial charge in [-0.25, -0.2) is 0 Å². The highest BCUT2D eigenvalue weighted by Crippen LogP contribution is 2.36. The van der Waals surface area contributed by atoms with Gasteiger partial charge < -0.3 is 10.1 Å². The van der Waals surface area contributed by atoms with Crippen LogP contribution in [0.2, 0.25) is 0 Å². The Morgan fingerprint density at radius 2 is 2.10 bits per heavy atom. The number of hydrogen-bond acceptors (Lipinski definition) is 4. The molecule has 0 amide bonds. The van der Waals surface area contributed by atoms with E-state index in [1.54, 1.807) is 10.9 Å². The van der Waals surface area contributed by atoms with Crippen molar-refractivity contribution in [3.63, 3.8) is 0 Å².